The van der Waals surface area contributed by atoms with Gasteiger partial charge in [-0.15, -0.1) is 0 Å². The number of hydrogen-bond donors (Lipinski definition) is 2. The van der Waals surface area contributed by atoms with Crippen molar-refractivity contribution in [3.05, 3.63) is 0 Å². The second kappa shape index (κ2) is 6.80. The van der Waals surface area contributed by atoms with Crippen LogP contribution in [0.15, 0.2) is 0 Å². The minimum Gasteiger partial charge on any atom is -0.355 e. The second-order valence-electron chi connectivity index (χ2n) is 5.68. The zero-order chi connectivity index (χ0) is 12.8. The van der Waals surface area contributed by atoms with E-state index in [9.17, 15) is 4.79 Å². The molecule has 0 aromatic heterocycles. The third kappa shape index (κ3) is 3.41. The SMILES string of the molecule is CCC1(C(=O)NCC2CCSCC2)CCCNC1. The molecule has 0 saturated carbocycles. The predicted octanol–water partition coefficient (Wildman–Crippen LogP) is 2.03. The molecule has 3 nitrogen and oxygen atoms in total. The van der Waals surface area contributed by atoms with Crippen LogP contribution in [0.5, 0.6) is 0 Å². The van der Waals surface area contributed by atoms with E-state index in [1.54, 1.807) is 0 Å². The lowest BCUT2D eigenvalue weighted by Gasteiger charge is -2.36. The Balaban J connectivity index is 1.81. The van der Waals surface area contributed by atoms with Crippen molar-refractivity contribution < 1.29 is 4.79 Å². The highest BCUT2D eigenvalue weighted by Crippen LogP contribution is 2.30. The van der Waals surface area contributed by atoms with Crippen LogP contribution in [-0.2, 0) is 4.79 Å². The Kier molecular flexibility index (Phi) is 5.37. The minimum absolute atomic E-state index is 0.137. The van der Waals surface area contributed by atoms with E-state index < -0.39 is 0 Å². The monoisotopic (exact) mass is 270 g/mol. The molecular formula is C14H26N2OS. The van der Waals surface area contributed by atoms with Gasteiger partial charge < -0.3 is 10.6 Å². The summed E-state index contributed by atoms with van der Waals surface area (Å²) in [5.41, 5.74) is -0.137. The number of piperidine rings is 1. The van der Waals surface area contributed by atoms with E-state index in [0.717, 1.165) is 38.9 Å². The standard InChI is InChI=1S/C14H26N2OS/c1-2-14(6-3-7-15-11-14)13(17)16-10-12-4-8-18-9-5-12/h12,15H,2-11H2,1H3,(H,16,17). The van der Waals surface area contributed by atoms with Gasteiger partial charge in [0, 0.05) is 13.1 Å². The lowest BCUT2D eigenvalue weighted by molar-refractivity contribution is -0.132. The van der Waals surface area contributed by atoms with E-state index in [4.69, 9.17) is 0 Å². The molecule has 0 radical (unpaired) electrons. The molecule has 1 atom stereocenters. The van der Waals surface area contributed by atoms with Crippen LogP contribution in [0.25, 0.3) is 0 Å². The Morgan fingerprint density at radius 1 is 1.44 bits per heavy atom. The van der Waals surface area contributed by atoms with Crippen LogP contribution in [0, 0.1) is 11.3 Å². The van der Waals surface area contributed by atoms with Crippen molar-refractivity contribution in [3.8, 4) is 0 Å². The van der Waals surface area contributed by atoms with Crippen LogP contribution >= 0.6 is 11.8 Å². The van der Waals surface area contributed by atoms with Gasteiger partial charge in [-0.1, -0.05) is 6.92 Å². The fourth-order valence-electron chi connectivity index (χ4n) is 3.00. The maximum Gasteiger partial charge on any atom is 0.227 e. The molecule has 2 N–H and O–H groups in total. The van der Waals surface area contributed by atoms with Crippen molar-refractivity contribution in [3.63, 3.8) is 0 Å². The van der Waals surface area contributed by atoms with Crippen LogP contribution < -0.4 is 10.6 Å². The molecule has 2 heterocycles. The van der Waals surface area contributed by atoms with Crippen molar-refractivity contribution in [2.45, 2.75) is 39.0 Å². The van der Waals surface area contributed by atoms with Crippen molar-refractivity contribution in [2.24, 2.45) is 11.3 Å². The van der Waals surface area contributed by atoms with Gasteiger partial charge in [0.15, 0.2) is 0 Å². The number of nitrogens with one attached hydrogen (secondary N) is 2. The molecule has 0 aliphatic carbocycles. The summed E-state index contributed by atoms with van der Waals surface area (Å²) in [5, 5.41) is 6.61. The third-order valence-corrected chi connectivity index (χ3v) is 5.57. The minimum atomic E-state index is -0.137. The number of hydrogen-bond acceptors (Lipinski definition) is 3. The molecular weight excluding hydrogens is 244 g/mol. The Labute approximate surface area is 115 Å². The molecule has 2 saturated heterocycles. The van der Waals surface area contributed by atoms with Crippen LogP contribution in [0.3, 0.4) is 0 Å². The van der Waals surface area contributed by atoms with Crippen LogP contribution in [0.1, 0.15) is 39.0 Å². The highest BCUT2D eigenvalue weighted by atomic mass is 32.2. The summed E-state index contributed by atoms with van der Waals surface area (Å²) in [4.78, 5) is 12.4. The smallest absolute Gasteiger partial charge is 0.227 e. The Morgan fingerprint density at radius 3 is 2.83 bits per heavy atom. The Morgan fingerprint density at radius 2 is 2.22 bits per heavy atom. The van der Waals surface area contributed by atoms with E-state index in [2.05, 4.69) is 17.6 Å². The van der Waals surface area contributed by atoms with E-state index in [1.165, 1.54) is 24.3 Å². The average Bonchev–Trinajstić information content (AvgIpc) is 2.46. The summed E-state index contributed by atoms with van der Waals surface area (Å²) in [5.74, 6) is 3.53. The average molecular weight is 270 g/mol. The number of thioether (sulfide) groups is 1. The molecule has 0 aromatic carbocycles. The van der Waals surface area contributed by atoms with Gasteiger partial charge in [0.05, 0.1) is 5.41 Å². The maximum atomic E-state index is 12.4. The zero-order valence-corrected chi connectivity index (χ0v) is 12.3. The summed E-state index contributed by atoms with van der Waals surface area (Å²) in [7, 11) is 0. The zero-order valence-electron chi connectivity index (χ0n) is 11.5. The van der Waals surface area contributed by atoms with Crippen LogP contribution in [0.2, 0.25) is 0 Å². The molecule has 2 fully saturated rings. The predicted molar refractivity (Wildman–Crippen MR) is 77.9 cm³/mol. The highest BCUT2D eigenvalue weighted by Gasteiger charge is 2.37. The molecule has 4 heteroatoms. The first-order valence-electron chi connectivity index (χ1n) is 7.33. The maximum absolute atomic E-state index is 12.4. The summed E-state index contributed by atoms with van der Waals surface area (Å²) in [6, 6.07) is 0. The van der Waals surface area contributed by atoms with Gasteiger partial charge in [-0.05, 0) is 56.1 Å². The first-order valence-corrected chi connectivity index (χ1v) is 8.49. The number of carbonyl (C=O) groups is 1. The fraction of sp³-hybridized carbons (Fsp3) is 0.929. The van der Waals surface area contributed by atoms with E-state index in [-0.39, 0.29) is 11.3 Å². The topological polar surface area (TPSA) is 41.1 Å². The van der Waals surface area contributed by atoms with E-state index in [1.807, 2.05) is 11.8 Å². The van der Waals surface area contributed by atoms with Gasteiger partial charge in [0.1, 0.15) is 0 Å². The molecule has 2 aliphatic rings. The molecule has 1 amide bonds. The summed E-state index contributed by atoms with van der Waals surface area (Å²) in [6.45, 7) is 4.95. The van der Waals surface area contributed by atoms with Gasteiger partial charge >= 0.3 is 0 Å². The quantitative estimate of drug-likeness (QED) is 0.821. The van der Waals surface area contributed by atoms with Crippen molar-refractivity contribution in [1.29, 1.82) is 0 Å². The fourth-order valence-corrected chi connectivity index (χ4v) is 4.20. The first-order chi connectivity index (χ1) is 8.77. The normalized spacial score (nSPS) is 30.1. The van der Waals surface area contributed by atoms with Crippen LogP contribution in [-0.4, -0.2) is 37.0 Å². The van der Waals surface area contributed by atoms with Gasteiger partial charge in [-0.25, -0.2) is 0 Å². The molecule has 0 spiro atoms. The van der Waals surface area contributed by atoms with E-state index >= 15 is 0 Å². The molecule has 18 heavy (non-hydrogen) atoms. The van der Waals surface area contributed by atoms with Crippen molar-refractivity contribution >= 4 is 17.7 Å². The number of carbonyl (C=O) groups excluding carboxylic acids is 1. The van der Waals surface area contributed by atoms with Gasteiger partial charge in [-0.3, -0.25) is 4.79 Å². The van der Waals surface area contributed by atoms with Gasteiger partial charge in [0.2, 0.25) is 5.91 Å². The summed E-state index contributed by atoms with van der Waals surface area (Å²) >= 11 is 2.04. The molecule has 0 bridgehead atoms. The molecule has 1 unspecified atom stereocenters. The second-order valence-corrected chi connectivity index (χ2v) is 6.90. The highest BCUT2D eigenvalue weighted by molar-refractivity contribution is 7.99. The number of amides is 1. The molecule has 104 valence electrons. The first kappa shape index (κ1) is 14.2. The Hall–Kier alpha value is -0.220. The van der Waals surface area contributed by atoms with Gasteiger partial charge in [-0.2, -0.15) is 11.8 Å². The molecule has 2 aliphatic heterocycles. The molecule has 2 rings (SSSR count). The summed E-state index contributed by atoms with van der Waals surface area (Å²) < 4.78 is 0. The van der Waals surface area contributed by atoms with Crippen LogP contribution in [0.4, 0.5) is 0 Å². The lowest BCUT2D eigenvalue weighted by atomic mass is 9.77. The lowest BCUT2D eigenvalue weighted by Crippen LogP contribution is -2.51. The third-order valence-electron chi connectivity index (χ3n) is 4.52. The summed E-state index contributed by atoms with van der Waals surface area (Å²) in [6.07, 6.45) is 5.65. The van der Waals surface area contributed by atoms with Crippen molar-refractivity contribution in [2.75, 3.05) is 31.1 Å². The Bertz CT molecular complexity index is 271. The molecule has 0 aromatic rings. The van der Waals surface area contributed by atoms with E-state index in [0.29, 0.717) is 5.92 Å². The largest absolute Gasteiger partial charge is 0.355 e. The number of rotatable bonds is 4. The van der Waals surface area contributed by atoms with Gasteiger partial charge in [0.25, 0.3) is 0 Å². The van der Waals surface area contributed by atoms with Crippen molar-refractivity contribution in [1.82, 2.24) is 10.6 Å².